The van der Waals surface area contributed by atoms with Crippen molar-refractivity contribution in [3.05, 3.63) is 33.4 Å². The Labute approximate surface area is 83.7 Å². The molecule has 0 spiro atoms. The van der Waals surface area contributed by atoms with Gasteiger partial charge >= 0.3 is 5.97 Å². The van der Waals surface area contributed by atoms with Crippen molar-refractivity contribution >= 4 is 41.5 Å². The highest BCUT2D eigenvalue weighted by Gasteiger charge is 2.03. The van der Waals surface area contributed by atoms with E-state index in [4.69, 9.17) is 0 Å². The molecule has 0 radical (unpaired) electrons. The summed E-state index contributed by atoms with van der Waals surface area (Å²) in [5.41, 5.74) is 0.514. The molecule has 0 aliphatic carbocycles. The maximum Gasteiger partial charge on any atom is 0.349 e. The SMILES string of the molecule is O=C(OS)c1ccc(I)cc1. The Bertz CT molecular complexity index is 258. The Balaban J connectivity index is 2.90. The van der Waals surface area contributed by atoms with Crippen LogP contribution in [0, 0.1) is 3.57 Å². The van der Waals surface area contributed by atoms with E-state index in [2.05, 4.69) is 39.7 Å². The van der Waals surface area contributed by atoms with Crippen LogP contribution in [0.5, 0.6) is 0 Å². The highest BCUT2D eigenvalue weighted by Crippen LogP contribution is 2.08. The first-order valence-corrected chi connectivity index (χ1v) is 4.30. The van der Waals surface area contributed by atoms with Gasteiger partial charge in [-0.1, -0.05) is 0 Å². The van der Waals surface area contributed by atoms with Crippen LogP contribution < -0.4 is 0 Å². The number of hydrogen-bond donors (Lipinski definition) is 1. The summed E-state index contributed by atoms with van der Waals surface area (Å²) in [6.07, 6.45) is 0. The minimum atomic E-state index is -0.426. The van der Waals surface area contributed by atoms with Crippen LogP contribution in [0.15, 0.2) is 24.3 Å². The molecule has 0 atom stereocenters. The molecule has 0 unspecified atom stereocenters. The van der Waals surface area contributed by atoms with Crippen LogP contribution in [0.2, 0.25) is 0 Å². The molecule has 1 rings (SSSR count). The fraction of sp³-hybridized carbons (Fsp3) is 0. The van der Waals surface area contributed by atoms with E-state index < -0.39 is 5.97 Å². The van der Waals surface area contributed by atoms with E-state index >= 15 is 0 Å². The van der Waals surface area contributed by atoms with Crippen LogP contribution >= 0.6 is 35.5 Å². The molecule has 0 heterocycles. The number of benzene rings is 1. The molecule has 0 aromatic heterocycles. The minimum absolute atomic E-state index is 0.426. The highest BCUT2D eigenvalue weighted by molar-refractivity contribution is 14.1. The zero-order chi connectivity index (χ0) is 8.27. The van der Waals surface area contributed by atoms with Gasteiger partial charge in [-0.3, -0.25) is 0 Å². The fourth-order valence-corrected chi connectivity index (χ4v) is 1.10. The Kier molecular flexibility index (Phi) is 3.19. The summed E-state index contributed by atoms with van der Waals surface area (Å²) in [6, 6.07) is 7.06. The molecule has 1 aromatic carbocycles. The van der Waals surface area contributed by atoms with E-state index in [9.17, 15) is 4.79 Å². The van der Waals surface area contributed by atoms with Gasteiger partial charge in [0.05, 0.1) is 5.56 Å². The molecule has 0 bridgehead atoms. The summed E-state index contributed by atoms with van der Waals surface area (Å²) in [5.74, 6) is -0.426. The molecule has 2 nitrogen and oxygen atoms in total. The first-order valence-electron chi connectivity index (χ1n) is 2.85. The third kappa shape index (κ3) is 2.37. The number of rotatable bonds is 1. The quantitative estimate of drug-likeness (QED) is 0.485. The molecule has 0 amide bonds. The summed E-state index contributed by atoms with van der Waals surface area (Å²) in [7, 11) is 0. The Morgan fingerprint density at radius 2 is 1.91 bits per heavy atom. The predicted octanol–water partition coefficient (Wildman–Crippen LogP) is 2.29. The molecule has 0 aliphatic rings. The average Bonchev–Trinajstić information content (AvgIpc) is 2.05. The first kappa shape index (κ1) is 8.86. The number of thiol groups is 1. The first-order chi connectivity index (χ1) is 5.24. The molecule has 0 aliphatic heterocycles. The van der Waals surface area contributed by atoms with Gasteiger partial charge in [0, 0.05) is 16.5 Å². The van der Waals surface area contributed by atoms with E-state index in [0.717, 1.165) is 3.57 Å². The lowest BCUT2D eigenvalue weighted by molar-refractivity contribution is 0.0772. The third-order valence-electron chi connectivity index (χ3n) is 1.16. The van der Waals surface area contributed by atoms with E-state index in [0.29, 0.717) is 5.56 Å². The van der Waals surface area contributed by atoms with Gasteiger partial charge < -0.3 is 4.18 Å². The Hall–Kier alpha value is -0.230. The highest BCUT2D eigenvalue weighted by atomic mass is 127. The van der Waals surface area contributed by atoms with Crippen molar-refractivity contribution in [2.45, 2.75) is 0 Å². The maximum absolute atomic E-state index is 10.8. The van der Waals surface area contributed by atoms with Crippen molar-refractivity contribution in [2.75, 3.05) is 0 Å². The van der Waals surface area contributed by atoms with Crippen LogP contribution in [0.25, 0.3) is 0 Å². The maximum atomic E-state index is 10.8. The smallest absolute Gasteiger partial charge is 0.349 e. The van der Waals surface area contributed by atoms with E-state index in [1.165, 1.54) is 0 Å². The lowest BCUT2D eigenvalue weighted by atomic mass is 10.2. The van der Waals surface area contributed by atoms with Gasteiger partial charge in [0.25, 0.3) is 0 Å². The van der Waals surface area contributed by atoms with Gasteiger partial charge in [-0.15, -0.1) is 0 Å². The molecule has 11 heavy (non-hydrogen) atoms. The molecule has 4 heteroatoms. The van der Waals surface area contributed by atoms with E-state index in [1.54, 1.807) is 12.1 Å². The Morgan fingerprint density at radius 3 is 2.36 bits per heavy atom. The molecule has 0 saturated heterocycles. The molecule has 0 N–H and O–H groups in total. The van der Waals surface area contributed by atoms with Gasteiger partial charge in [0.15, 0.2) is 0 Å². The van der Waals surface area contributed by atoms with Gasteiger partial charge in [0.1, 0.15) is 0 Å². The lowest BCUT2D eigenvalue weighted by Crippen LogP contribution is -1.96. The van der Waals surface area contributed by atoms with Crippen LogP contribution in [-0.4, -0.2) is 5.97 Å². The largest absolute Gasteiger partial charge is 0.391 e. The molecular weight excluding hydrogens is 275 g/mol. The van der Waals surface area contributed by atoms with E-state index in [1.807, 2.05) is 12.1 Å². The van der Waals surface area contributed by atoms with Crippen molar-refractivity contribution in [3.8, 4) is 0 Å². The zero-order valence-electron chi connectivity index (χ0n) is 5.45. The third-order valence-corrected chi connectivity index (χ3v) is 2.05. The molecular formula is C7H5IO2S. The van der Waals surface area contributed by atoms with Crippen molar-refractivity contribution in [1.29, 1.82) is 0 Å². The summed E-state index contributed by atoms with van der Waals surface area (Å²) in [6.45, 7) is 0. The van der Waals surface area contributed by atoms with Gasteiger partial charge in [-0.2, -0.15) is 0 Å². The normalized spacial score (nSPS) is 9.27. The van der Waals surface area contributed by atoms with Crippen LogP contribution in [0.4, 0.5) is 0 Å². The minimum Gasteiger partial charge on any atom is -0.391 e. The second kappa shape index (κ2) is 3.96. The number of carbonyl (C=O) groups is 1. The van der Waals surface area contributed by atoms with Gasteiger partial charge in [-0.25, -0.2) is 4.79 Å². The lowest BCUT2D eigenvalue weighted by Gasteiger charge is -1.95. The number of carbonyl (C=O) groups excluding carboxylic acids is 1. The fourth-order valence-electron chi connectivity index (χ4n) is 0.639. The summed E-state index contributed by atoms with van der Waals surface area (Å²) < 4.78 is 5.31. The van der Waals surface area contributed by atoms with Crippen molar-refractivity contribution < 1.29 is 8.98 Å². The second-order valence-corrected chi connectivity index (χ2v) is 3.31. The van der Waals surface area contributed by atoms with Crippen LogP contribution in [0.1, 0.15) is 10.4 Å². The molecule has 0 saturated carbocycles. The van der Waals surface area contributed by atoms with Crippen molar-refractivity contribution in [2.24, 2.45) is 0 Å². The number of halogens is 1. The molecule has 0 fully saturated rings. The predicted molar refractivity (Wildman–Crippen MR) is 53.6 cm³/mol. The molecule has 58 valence electrons. The summed E-state index contributed by atoms with van der Waals surface area (Å²) in [5, 5.41) is 0. The van der Waals surface area contributed by atoms with Crippen molar-refractivity contribution in [3.63, 3.8) is 0 Å². The number of hydrogen-bond acceptors (Lipinski definition) is 3. The second-order valence-electron chi connectivity index (χ2n) is 1.89. The molecule has 1 aromatic rings. The van der Waals surface area contributed by atoms with Crippen LogP contribution in [0.3, 0.4) is 0 Å². The zero-order valence-corrected chi connectivity index (χ0v) is 8.50. The van der Waals surface area contributed by atoms with Crippen LogP contribution in [-0.2, 0) is 4.18 Å². The summed E-state index contributed by atoms with van der Waals surface area (Å²) in [4.78, 5) is 10.8. The van der Waals surface area contributed by atoms with Gasteiger partial charge in [0.2, 0.25) is 0 Å². The standard InChI is InChI=1S/C7H5IO2S/c8-6-3-1-5(2-4-6)7(9)10-11/h1-4,11H. The average molecular weight is 280 g/mol. The summed E-state index contributed by atoms with van der Waals surface area (Å²) >= 11 is 5.56. The van der Waals surface area contributed by atoms with Crippen molar-refractivity contribution in [1.82, 2.24) is 0 Å². The van der Waals surface area contributed by atoms with Gasteiger partial charge in [-0.05, 0) is 46.9 Å². The topological polar surface area (TPSA) is 26.3 Å². The monoisotopic (exact) mass is 280 g/mol. The van der Waals surface area contributed by atoms with E-state index in [-0.39, 0.29) is 0 Å². The Morgan fingerprint density at radius 1 is 1.36 bits per heavy atom.